The van der Waals surface area contributed by atoms with E-state index < -0.39 is 15.8 Å². The smallest absolute Gasteiger partial charge is 0.257 e. The number of rotatable bonds is 3. The largest absolute Gasteiger partial charge is 0.466 e. The maximum atomic E-state index is 13.3. The molecule has 2 heterocycles. The number of furan rings is 1. The van der Waals surface area contributed by atoms with Crippen LogP contribution in [0.2, 0.25) is 0 Å². The topological polar surface area (TPSA) is 70.8 Å². The Kier molecular flexibility index (Phi) is 4.66. The van der Waals surface area contributed by atoms with Crippen LogP contribution in [0.5, 0.6) is 0 Å². The lowest BCUT2D eigenvalue weighted by atomic mass is 10.2. The highest BCUT2D eigenvalue weighted by Gasteiger charge is 2.31. The minimum atomic E-state index is -3.77. The molecule has 1 aliphatic heterocycles. The van der Waals surface area contributed by atoms with Crippen LogP contribution in [0.3, 0.4) is 0 Å². The van der Waals surface area contributed by atoms with E-state index in [2.05, 4.69) is 0 Å². The molecule has 1 saturated heterocycles. The number of benzene rings is 1. The molecule has 0 bridgehead atoms. The first-order chi connectivity index (χ1) is 11.8. The van der Waals surface area contributed by atoms with E-state index in [1.807, 2.05) is 0 Å². The van der Waals surface area contributed by atoms with Gasteiger partial charge in [0.1, 0.15) is 17.3 Å². The summed E-state index contributed by atoms with van der Waals surface area (Å²) in [5, 5.41) is 0. The summed E-state index contributed by atoms with van der Waals surface area (Å²) in [6, 6.07) is 6.63. The minimum absolute atomic E-state index is 0.0754. The van der Waals surface area contributed by atoms with Crippen LogP contribution in [-0.4, -0.2) is 49.7 Å². The van der Waals surface area contributed by atoms with Gasteiger partial charge in [-0.05, 0) is 38.1 Å². The Morgan fingerprint density at radius 2 is 1.80 bits per heavy atom. The number of carbonyl (C=O) groups excluding carboxylic acids is 1. The molecule has 1 amide bonds. The van der Waals surface area contributed by atoms with Gasteiger partial charge in [0.2, 0.25) is 10.0 Å². The summed E-state index contributed by atoms with van der Waals surface area (Å²) in [6.07, 6.45) is 0. The Bertz CT molecular complexity index is 899. The zero-order chi connectivity index (χ0) is 18.2. The normalized spacial score (nSPS) is 16.2. The van der Waals surface area contributed by atoms with E-state index in [0.29, 0.717) is 17.1 Å². The van der Waals surface area contributed by atoms with Gasteiger partial charge in [-0.2, -0.15) is 4.31 Å². The van der Waals surface area contributed by atoms with Crippen molar-refractivity contribution in [1.82, 2.24) is 9.21 Å². The lowest BCUT2D eigenvalue weighted by molar-refractivity contribution is 0.0696. The molecule has 3 rings (SSSR count). The van der Waals surface area contributed by atoms with Crippen LogP contribution in [0.1, 0.15) is 21.9 Å². The van der Waals surface area contributed by atoms with Gasteiger partial charge in [-0.3, -0.25) is 4.79 Å². The number of aryl methyl sites for hydroxylation is 2. The Hall–Kier alpha value is -2.19. The van der Waals surface area contributed by atoms with Gasteiger partial charge in [0.15, 0.2) is 0 Å². The van der Waals surface area contributed by atoms with Crippen molar-refractivity contribution in [3.63, 3.8) is 0 Å². The molecule has 0 radical (unpaired) electrons. The van der Waals surface area contributed by atoms with Crippen molar-refractivity contribution in [3.8, 4) is 0 Å². The van der Waals surface area contributed by atoms with Crippen molar-refractivity contribution in [2.45, 2.75) is 18.7 Å². The molecule has 0 atom stereocenters. The van der Waals surface area contributed by atoms with Gasteiger partial charge in [0.25, 0.3) is 5.91 Å². The second-order valence-corrected chi connectivity index (χ2v) is 7.92. The lowest BCUT2D eigenvalue weighted by Crippen LogP contribution is -2.50. The van der Waals surface area contributed by atoms with E-state index in [9.17, 15) is 17.6 Å². The molecule has 1 aromatic carbocycles. The van der Waals surface area contributed by atoms with Crippen LogP contribution >= 0.6 is 0 Å². The third-order valence-corrected chi connectivity index (χ3v) is 6.13. The van der Waals surface area contributed by atoms with Crippen LogP contribution in [-0.2, 0) is 10.0 Å². The Morgan fingerprint density at radius 1 is 1.12 bits per heavy atom. The van der Waals surface area contributed by atoms with Gasteiger partial charge in [-0.15, -0.1) is 0 Å². The number of hydrogen-bond donors (Lipinski definition) is 0. The fourth-order valence-electron chi connectivity index (χ4n) is 2.92. The Labute approximate surface area is 145 Å². The van der Waals surface area contributed by atoms with Crippen molar-refractivity contribution in [2.75, 3.05) is 26.2 Å². The van der Waals surface area contributed by atoms with E-state index in [1.54, 1.807) is 24.8 Å². The molecule has 6 nitrogen and oxygen atoms in total. The van der Waals surface area contributed by atoms with E-state index >= 15 is 0 Å². The third kappa shape index (κ3) is 3.45. The maximum Gasteiger partial charge on any atom is 0.257 e. The van der Waals surface area contributed by atoms with Gasteiger partial charge in [-0.25, -0.2) is 12.8 Å². The SMILES string of the molecule is Cc1cc(C(=O)N2CCN(S(=O)(=O)c3cccc(F)c3)CC2)c(C)o1. The second-order valence-electron chi connectivity index (χ2n) is 5.98. The lowest BCUT2D eigenvalue weighted by Gasteiger charge is -2.33. The number of sulfonamides is 1. The fraction of sp³-hybridized carbons (Fsp3) is 0.353. The molecule has 0 N–H and O–H groups in total. The van der Waals surface area contributed by atoms with Crippen LogP contribution in [0.15, 0.2) is 39.6 Å². The average molecular weight is 366 g/mol. The Balaban J connectivity index is 1.71. The molecular weight excluding hydrogens is 347 g/mol. The van der Waals surface area contributed by atoms with Crippen LogP contribution < -0.4 is 0 Å². The van der Waals surface area contributed by atoms with Gasteiger partial charge < -0.3 is 9.32 Å². The zero-order valence-corrected chi connectivity index (χ0v) is 14.8. The van der Waals surface area contributed by atoms with Crippen molar-refractivity contribution < 1.29 is 22.0 Å². The fourth-order valence-corrected chi connectivity index (χ4v) is 4.38. The summed E-state index contributed by atoms with van der Waals surface area (Å²) >= 11 is 0. The molecule has 0 saturated carbocycles. The van der Waals surface area contributed by atoms with E-state index in [0.717, 1.165) is 6.07 Å². The molecular formula is C17H19FN2O4S. The zero-order valence-electron chi connectivity index (χ0n) is 14.0. The number of amides is 1. The first-order valence-electron chi connectivity index (χ1n) is 7.91. The van der Waals surface area contributed by atoms with Crippen LogP contribution in [0.25, 0.3) is 0 Å². The van der Waals surface area contributed by atoms with E-state index in [-0.39, 0.29) is 37.0 Å². The van der Waals surface area contributed by atoms with Gasteiger partial charge in [0, 0.05) is 26.2 Å². The monoisotopic (exact) mass is 366 g/mol. The molecule has 1 fully saturated rings. The maximum absolute atomic E-state index is 13.3. The molecule has 0 spiro atoms. The molecule has 1 aliphatic rings. The van der Waals surface area contributed by atoms with E-state index in [1.165, 1.54) is 22.5 Å². The average Bonchev–Trinajstić information content (AvgIpc) is 2.92. The quantitative estimate of drug-likeness (QED) is 0.835. The number of halogens is 1. The van der Waals surface area contributed by atoms with Gasteiger partial charge in [0.05, 0.1) is 10.5 Å². The van der Waals surface area contributed by atoms with Crippen molar-refractivity contribution in [2.24, 2.45) is 0 Å². The highest BCUT2D eigenvalue weighted by atomic mass is 32.2. The first-order valence-corrected chi connectivity index (χ1v) is 9.35. The van der Waals surface area contributed by atoms with Crippen molar-refractivity contribution in [1.29, 1.82) is 0 Å². The van der Waals surface area contributed by atoms with E-state index in [4.69, 9.17) is 4.42 Å². The van der Waals surface area contributed by atoms with Crippen molar-refractivity contribution in [3.05, 3.63) is 53.2 Å². The number of carbonyl (C=O) groups is 1. The molecule has 0 aliphatic carbocycles. The van der Waals surface area contributed by atoms with Crippen LogP contribution in [0, 0.1) is 19.7 Å². The summed E-state index contributed by atoms with van der Waals surface area (Å²) in [4.78, 5) is 14.1. The molecule has 0 unspecified atom stereocenters. The third-order valence-electron chi connectivity index (χ3n) is 4.23. The molecule has 25 heavy (non-hydrogen) atoms. The van der Waals surface area contributed by atoms with Gasteiger partial charge >= 0.3 is 0 Å². The Morgan fingerprint density at radius 3 is 2.36 bits per heavy atom. The van der Waals surface area contributed by atoms with Gasteiger partial charge in [-0.1, -0.05) is 6.07 Å². The summed E-state index contributed by atoms with van der Waals surface area (Å²) in [6.45, 7) is 4.38. The number of piperazine rings is 1. The molecule has 8 heteroatoms. The second kappa shape index (κ2) is 6.61. The first kappa shape index (κ1) is 17.6. The standard InChI is InChI=1S/C17H19FN2O4S/c1-12-10-16(13(2)24-12)17(21)19-6-8-20(9-7-19)25(22,23)15-5-3-4-14(18)11-15/h3-5,10-11H,6-9H2,1-2H3. The van der Waals surface area contributed by atoms with Crippen LogP contribution in [0.4, 0.5) is 4.39 Å². The van der Waals surface area contributed by atoms with Crippen molar-refractivity contribution >= 4 is 15.9 Å². The molecule has 134 valence electrons. The minimum Gasteiger partial charge on any atom is -0.466 e. The summed E-state index contributed by atoms with van der Waals surface area (Å²) in [5.74, 6) is 0.448. The highest BCUT2D eigenvalue weighted by Crippen LogP contribution is 2.21. The predicted octanol–water partition coefficient (Wildman–Crippen LogP) is 2.18. The molecule has 2 aromatic rings. The predicted molar refractivity (Wildman–Crippen MR) is 89.2 cm³/mol. The highest BCUT2D eigenvalue weighted by molar-refractivity contribution is 7.89. The molecule has 1 aromatic heterocycles. The number of hydrogen-bond acceptors (Lipinski definition) is 4. The summed E-state index contributed by atoms with van der Waals surface area (Å²) < 4.78 is 45.1. The summed E-state index contributed by atoms with van der Waals surface area (Å²) in [5.41, 5.74) is 0.499. The number of nitrogens with zero attached hydrogens (tertiary/aromatic N) is 2. The summed E-state index contributed by atoms with van der Waals surface area (Å²) in [7, 11) is -3.77.